The zero-order chi connectivity index (χ0) is 34.2. The molecule has 0 aromatic heterocycles. The van der Waals surface area contributed by atoms with Crippen LogP contribution in [0.3, 0.4) is 0 Å². The second-order valence-electron chi connectivity index (χ2n) is 13.1. The Labute approximate surface area is 280 Å². The summed E-state index contributed by atoms with van der Waals surface area (Å²) in [5.74, 6) is -3.92. The first-order valence-corrected chi connectivity index (χ1v) is 16.5. The topological polar surface area (TPSA) is 135 Å². The first-order chi connectivity index (χ1) is 23.1. The highest BCUT2D eigenvalue weighted by Gasteiger charge is 2.74. The molecular weight excluding hydrogens is 614 g/mol. The fraction of sp³-hybridized carbons (Fsp3) is 0.459. The van der Waals surface area contributed by atoms with Gasteiger partial charge in [0.15, 0.2) is 0 Å². The summed E-state index contributed by atoms with van der Waals surface area (Å²) < 4.78 is 18.3. The number of aliphatic hydroxyl groups excluding tert-OH is 1. The van der Waals surface area contributed by atoms with E-state index in [4.69, 9.17) is 14.2 Å². The van der Waals surface area contributed by atoms with Crippen LogP contribution in [-0.2, 0) is 33.4 Å². The lowest BCUT2D eigenvalue weighted by Crippen LogP contribution is -2.58. The van der Waals surface area contributed by atoms with E-state index < -0.39 is 72.2 Å². The van der Waals surface area contributed by atoms with Crippen molar-refractivity contribution < 1.29 is 38.5 Å². The van der Waals surface area contributed by atoms with Crippen LogP contribution >= 0.6 is 0 Å². The Kier molecular flexibility index (Phi) is 9.55. The number of hydrogen-bond acceptors (Lipinski definition) is 8. The Morgan fingerprint density at radius 2 is 1.83 bits per heavy atom. The van der Waals surface area contributed by atoms with E-state index in [1.54, 1.807) is 36.1 Å². The van der Waals surface area contributed by atoms with Gasteiger partial charge in [-0.25, -0.2) is 0 Å². The third-order valence-electron chi connectivity index (χ3n) is 9.90. The number of methoxy groups -OCH3 is 1. The zero-order valence-corrected chi connectivity index (χ0v) is 27.7. The molecule has 11 heteroatoms. The minimum absolute atomic E-state index is 0.0639. The summed E-state index contributed by atoms with van der Waals surface area (Å²) >= 11 is 0. The number of nitrogens with zero attached hydrogens (tertiary/aromatic N) is 2. The van der Waals surface area contributed by atoms with Crippen LogP contribution in [0.2, 0.25) is 0 Å². The van der Waals surface area contributed by atoms with Gasteiger partial charge in [0.05, 0.1) is 37.3 Å². The number of benzene rings is 2. The van der Waals surface area contributed by atoms with Crippen LogP contribution in [0.1, 0.15) is 42.6 Å². The lowest BCUT2D eigenvalue weighted by atomic mass is 9.74. The third kappa shape index (κ3) is 5.84. The zero-order valence-electron chi connectivity index (χ0n) is 27.7. The normalized spacial score (nSPS) is 31.9. The van der Waals surface area contributed by atoms with Crippen molar-refractivity contribution in [2.24, 2.45) is 11.8 Å². The summed E-state index contributed by atoms with van der Waals surface area (Å²) in [5.41, 5.74) is 1.67. The van der Waals surface area contributed by atoms with Crippen molar-refractivity contribution in [2.75, 3.05) is 31.8 Å². The quantitative estimate of drug-likeness (QED) is 0.358. The van der Waals surface area contributed by atoms with Crippen LogP contribution < -0.4 is 10.2 Å². The Morgan fingerprint density at radius 1 is 1.06 bits per heavy atom. The molecule has 4 heterocycles. The molecule has 6 rings (SSSR count). The molecule has 2 N–H and O–H groups in total. The fourth-order valence-corrected chi connectivity index (χ4v) is 7.59. The molecule has 0 radical (unpaired) electrons. The van der Waals surface area contributed by atoms with E-state index in [9.17, 15) is 24.3 Å². The number of carbonyl (C=O) groups excluding carboxylic acids is 4. The van der Waals surface area contributed by atoms with E-state index in [1.165, 1.54) is 12.0 Å². The van der Waals surface area contributed by atoms with Crippen LogP contribution in [0.5, 0.6) is 0 Å². The van der Waals surface area contributed by atoms with Crippen molar-refractivity contribution in [2.45, 2.75) is 69.5 Å². The molecule has 48 heavy (non-hydrogen) atoms. The number of cyclic esters (lactones) is 1. The molecule has 2 fully saturated rings. The van der Waals surface area contributed by atoms with Crippen molar-refractivity contribution >= 4 is 29.4 Å². The lowest BCUT2D eigenvalue weighted by molar-refractivity contribution is -0.162. The molecule has 0 saturated carbocycles. The molecule has 2 aromatic rings. The number of ether oxygens (including phenoxy) is 3. The molecule has 4 aliphatic heterocycles. The first-order valence-electron chi connectivity index (χ1n) is 16.5. The number of esters is 1. The summed E-state index contributed by atoms with van der Waals surface area (Å²) in [6.45, 7) is 5.37. The van der Waals surface area contributed by atoms with Gasteiger partial charge in [-0.05, 0) is 49.9 Å². The molecule has 1 spiro atoms. The van der Waals surface area contributed by atoms with Crippen LogP contribution in [0, 0.1) is 25.7 Å². The number of amides is 3. The molecule has 0 aliphatic carbocycles. The highest BCUT2D eigenvalue weighted by Crippen LogP contribution is 2.56. The number of aliphatic hydroxyl groups is 1. The van der Waals surface area contributed by atoms with Gasteiger partial charge in [-0.15, -0.1) is 0 Å². The molecule has 4 aliphatic rings. The van der Waals surface area contributed by atoms with Crippen molar-refractivity contribution in [3.8, 4) is 0 Å². The van der Waals surface area contributed by atoms with Crippen molar-refractivity contribution in [3.05, 3.63) is 89.5 Å². The lowest BCUT2D eigenvalue weighted by Gasteiger charge is -2.38. The second kappa shape index (κ2) is 13.7. The molecular formula is C37H43N3O8. The highest BCUT2D eigenvalue weighted by atomic mass is 16.6. The molecule has 5 bridgehead atoms. The average molecular weight is 658 g/mol. The Bertz CT molecular complexity index is 1630. The van der Waals surface area contributed by atoms with Crippen LogP contribution in [-0.4, -0.2) is 90.4 Å². The molecule has 254 valence electrons. The monoisotopic (exact) mass is 657 g/mol. The Hall–Kier alpha value is -4.32. The number of allylic oxidation sites excluding steroid dienone is 1. The SMILES string of the molecule is COC[C@@H]1NC(=O)CC/C=C\CN(c2cc(C)ccc2C)C(=O)[C@H]2N([C@H](C)CO)C(=O)[C@@H]3[C@@H](C(=O)O[C@H]1c1ccccc1)[C@H]1C=C[C@]32O1. The van der Waals surface area contributed by atoms with Gasteiger partial charge in [-0.3, -0.25) is 19.2 Å². The van der Waals surface area contributed by atoms with Gasteiger partial charge in [0, 0.05) is 25.8 Å². The molecule has 0 unspecified atom stereocenters. The van der Waals surface area contributed by atoms with Crippen molar-refractivity contribution in [1.29, 1.82) is 0 Å². The number of hydrogen-bond donors (Lipinski definition) is 2. The molecule has 11 nitrogen and oxygen atoms in total. The summed E-state index contributed by atoms with van der Waals surface area (Å²) in [4.78, 5) is 60.0. The van der Waals surface area contributed by atoms with E-state index in [0.717, 1.165) is 11.1 Å². The largest absolute Gasteiger partial charge is 0.455 e. The maximum absolute atomic E-state index is 15.0. The number of likely N-dealkylation sites (tertiary alicyclic amines) is 1. The van der Waals surface area contributed by atoms with E-state index in [2.05, 4.69) is 5.32 Å². The van der Waals surface area contributed by atoms with E-state index in [0.29, 0.717) is 17.7 Å². The summed E-state index contributed by atoms with van der Waals surface area (Å²) in [6.07, 6.45) is 5.97. The number of aryl methyl sites for hydroxylation is 2. The van der Waals surface area contributed by atoms with Crippen LogP contribution in [0.25, 0.3) is 0 Å². The van der Waals surface area contributed by atoms with Crippen LogP contribution in [0.4, 0.5) is 5.69 Å². The Balaban J connectivity index is 1.48. The minimum atomic E-state index is -1.46. The smallest absolute Gasteiger partial charge is 0.313 e. The van der Waals surface area contributed by atoms with Gasteiger partial charge in [0.2, 0.25) is 11.8 Å². The minimum Gasteiger partial charge on any atom is -0.455 e. The predicted octanol–water partition coefficient (Wildman–Crippen LogP) is 2.93. The summed E-state index contributed by atoms with van der Waals surface area (Å²) in [7, 11) is 1.51. The number of carbonyl (C=O) groups is 4. The van der Waals surface area contributed by atoms with E-state index in [-0.39, 0.29) is 25.5 Å². The predicted molar refractivity (Wildman–Crippen MR) is 177 cm³/mol. The van der Waals surface area contributed by atoms with Gasteiger partial charge < -0.3 is 34.4 Å². The van der Waals surface area contributed by atoms with Gasteiger partial charge in [-0.1, -0.05) is 66.8 Å². The van der Waals surface area contributed by atoms with Gasteiger partial charge >= 0.3 is 5.97 Å². The standard InChI is InChI=1S/C37H43N3O8/c1-22-14-15-23(2)27(19-22)39-18-10-6-9-13-29(42)38-26(21-46-4)32(25-11-7-5-8-12-25)47-36(45)30-28-16-17-37(48-28)31(30)34(43)40(24(3)20-41)33(37)35(39)44/h5-8,10-12,14-17,19,24,26,28,30-33,41H,9,13,18,20-21H2,1-4H3,(H,38,42)/b10-6-/t24-,26+,28-,30+,31+,32+,33-,37+/m1/s1. The third-order valence-corrected chi connectivity index (χ3v) is 9.90. The maximum atomic E-state index is 15.0. The first kappa shape index (κ1) is 33.6. The number of anilines is 1. The van der Waals surface area contributed by atoms with Crippen molar-refractivity contribution in [1.82, 2.24) is 10.2 Å². The van der Waals surface area contributed by atoms with Gasteiger partial charge in [-0.2, -0.15) is 0 Å². The molecule has 3 amide bonds. The molecule has 2 aromatic carbocycles. The molecule has 2 saturated heterocycles. The summed E-state index contributed by atoms with van der Waals surface area (Å²) in [6, 6.07) is 12.3. The number of rotatable bonds is 6. The highest BCUT2D eigenvalue weighted by molar-refractivity contribution is 6.05. The second-order valence-corrected chi connectivity index (χ2v) is 13.1. The number of nitrogens with one attached hydrogen (secondary N) is 1. The summed E-state index contributed by atoms with van der Waals surface area (Å²) in [5, 5.41) is 13.3. The van der Waals surface area contributed by atoms with E-state index >= 15 is 0 Å². The van der Waals surface area contributed by atoms with Gasteiger partial charge in [0.25, 0.3) is 5.91 Å². The average Bonchev–Trinajstić information content (AvgIpc) is 3.73. The van der Waals surface area contributed by atoms with Crippen molar-refractivity contribution in [3.63, 3.8) is 0 Å². The molecule has 8 atom stereocenters. The van der Waals surface area contributed by atoms with E-state index in [1.807, 2.05) is 62.4 Å². The van der Waals surface area contributed by atoms with Crippen LogP contribution in [0.15, 0.2) is 72.8 Å². The Morgan fingerprint density at radius 3 is 2.56 bits per heavy atom. The van der Waals surface area contributed by atoms with Gasteiger partial charge in [0.1, 0.15) is 23.7 Å². The number of fused-ring (bicyclic) bond motifs is 2. The maximum Gasteiger partial charge on any atom is 0.313 e. The fourth-order valence-electron chi connectivity index (χ4n) is 7.59.